The maximum absolute atomic E-state index is 12.5. The summed E-state index contributed by atoms with van der Waals surface area (Å²) in [5.74, 6) is 0.776. The Labute approximate surface area is 318 Å². The van der Waals surface area contributed by atoms with Gasteiger partial charge in [-0.1, -0.05) is 55.4 Å². The van der Waals surface area contributed by atoms with Crippen LogP contribution in [0.3, 0.4) is 0 Å². The lowest BCUT2D eigenvalue weighted by molar-refractivity contribution is -0.179. The van der Waals surface area contributed by atoms with Gasteiger partial charge in [0.25, 0.3) is 0 Å². The van der Waals surface area contributed by atoms with Crippen LogP contribution in [0.1, 0.15) is 187 Å². The maximum atomic E-state index is 12.5. The number of hydrogen-bond donors (Lipinski definition) is 0. The molecule has 0 aromatic rings. The molecular weight excluding hydrogens is 656 g/mol. The summed E-state index contributed by atoms with van der Waals surface area (Å²) in [5.41, 5.74) is -1.28. The number of hydrogen-bond acceptors (Lipinski definition) is 8. The van der Waals surface area contributed by atoms with Gasteiger partial charge >= 0.3 is 23.9 Å². The standard InChI is InChI=1S/C23H40O4.C21H38O4/c1-7-22(5,6)20(25)26-16-19(24)27-23(14-8-9-15-23)18-12-10-17(11-13-18)21(2,3)4;1-9-20(5,6)18(23)24-14-17(22)25-21(7,8)16-12-10-15(11-13-16)19(2,3)4/h17-18H,7-16H2,1-6H3;15-16H,9-14H2,1-8H3. The number of ether oxygens (including phenoxy) is 4. The van der Waals surface area contributed by atoms with E-state index in [1.165, 1.54) is 25.7 Å². The zero-order chi connectivity index (χ0) is 39.8. The molecule has 0 N–H and O–H groups in total. The molecule has 0 unspecified atom stereocenters. The van der Waals surface area contributed by atoms with Crippen LogP contribution in [0.25, 0.3) is 0 Å². The molecular formula is C44H78O8. The smallest absolute Gasteiger partial charge is 0.344 e. The highest BCUT2D eigenvalue weighted by Crippen LogP contribution is 2.49. The first-order chi connectivity index (χ1) is 23.8. The molecule has 3 saturated carbocycles. The lowest BCUT2D eigenvalue weighted by Gasteiger charge is -2.44. The Kier molecular flexibility index (Phi) is 16.4. The quantitative estimate of drug-likeness (QED) is 0.144. The molecule has 302 valence electrons. The van der Waals surface area contributed by atoms with Crippen LogP contribution in [-0.4, -0.2) is 48.3 Å². The molecule has 0 aromatic heterocycles. The second kappa shape index (κ2) is 18.5. The fourth-order valence-electron chi connectivity index (χ4n) is 8.30. The third-order valence-electron chi connectivity index (χ3n) is 13.3. The average molecular weight is 735 g/mol. The number of carbonyl (C=O) groups is 4. The minimum absolute atomic E-state index is 0.263. The molecule has 3 aliphatic carbocycles. The molecule has 0 aliphatic heterocycles. The van der Waals surface area contributed by atoms with E-state index in [0.717, 1.165) is 63.2 Å². The van der Waals surface area contributed by atoms with Crippen molar-refractivity contribution in [2.75, 3.05) is 13.2 Å². The molecule has 3 rings (SSSR count). The summed E-state index contributed by atoms with van der Waals surface area (Å²) in [6.07, 6.45) is 14.7. The highest BCUT2D eigenvalue weighted by atomic mass is 16.6. The molecule has 0 aromatic carbocycles. The van der Waals surface area contributed by atoms with Crippen LogP contribution in [0.2, 0.25) is 0 Å². The zero-order valence-electron chi connectivity index (χ0n) is 35.9. The lowest BCUT2D eigenvalue weighted by Crippen LogP contribution is -2.44. The van der Waals surface area contributed by atoms with Gasteiger partial charge in [-0.25, -0.2) is 9.59 Å². The van der Waals surface area contributed by atoms with Gasteiger partial charge in [0.05, 0.1) is 10.8 Å². The summed E-state index contributed by atoms with van der Waals surface area (Å²) >= 11 is 0. The normalized spacial score (nSPS) is 24.2. The Bertz CT molecular complexity index is 1160. The van der Waals surface area contributed by atoms with Crippen LogP contribution < -0.4 is 0 Å². The zero-order valence-corrected chi connectivity index (χ0v) is 35.9. The first-order valence-corrected chi connectivity index (χ1v) is 20.6. The number of esters is 4. The Morgan fingerprint density at radius 3 is 1.29 bits per heavy atom. The molecule has 0 radical (unpaired) electrons. The summed E-state index contributed by atoms with van der Waals surface area (Å²) in [6.45, 7) is 28.5. The third kappa shape index (κ3) is 13.3. The van der Waals surface area contributed by atoms with Gasteiger partial charge in [0.1, 0.15) is 11.2 Å². The van der Waals surface area contributed by atoms with Crippen molar-refractivity contribution in [1.29, 1.82) is 0 Å². The van der Waals surface area contributed by atoms with E-state index in [1.807, 2.05) is 55.4 Å². The van der Waals surface area contributed by atoms with Gasteiger partial charge < -0.3 is 18.9 Å². The van der Waals surface area contributed by atoms with Crippen molar-refractivity contribution in [3.05, 3.63) is 0 Å². The first-order valence-electron chi connectivity index (χ1n) is 20.6. The second-order valence-corrected chi connectivity index (χ2v) is 20.3. The molecule has 8 heteroatoms. The van der Waals surface area contributed by atoms with E-state index in [4.69, 9.17) is 18.9 Å². The molecule has 0 amide bonds. The fourth-order valence-corrected chi connectivity index (χ4v) is 8.30. The molecule has 0 saturated heterocycles. The van der Waals surface area contributed by atoms with Crippen molar-refractivity contribution < 1.29 is 38.1 Å². The molecule has 0 spiro atoms. The van der Waals surface area contributed by atoms with Crippen LogP contribution in [-0.2, 0) is 38.1 Å². The fraction of sp³-hybridized carbons (Fsp3) is 0.909. The summed E-state index contributed by atoms with van der Waals surface area (Å²) in [4.78, 5) is 48.7. The summed E-state index contributed by atoms with van der Waals surface area (Å²) < 4.78 is 22.1. The highest BCUT2D eigenvalue weighted by molar-refractivity contribution is 5.80. The minimum atomic E-state index is -0.568. The summed E-state index contributed by atoms with van der Waals surface area (Å²) in [5, 5.41) is 0. The van der Waals surface area contributed by atoms with Gasteiger partial charge in [0, 0.05) is 0 Å². The van der Waals surface area contributed by atoms with Crippen LogP contribution in [0, 0.1) is 45.3 Å². The van der Waals surface area contributed by atoms with Crippen molar-refractivity contribution in [1.82, 2.24) is 0 Å². The topological polar surface area (TPSA) is 105 Å². The Balaban J connectivity index is 0.000000361. The van der Waals surface area contributed by atoms with Crippen LogP contribution in [0.5, 0.6) is 0 Å². The predicted molar refractivity (Wildman–Crippen MR) is 207 cm³/mol. The molecule has 8 nitrogen and oxygen atoms in total. The molecule has 0 atom stereocenters. The van der Waals surface area contributed by atoms with Crippen LogP contribution >= 0.6 is 0 Å². The van der Waals surface area contributed by atoms with E-state index < -0.39 is 22.4 Å². The van der Waals surface area contributed by atoms with E-state index in [2.05, 4.69) is 41.5 Å². The van der Waals surface area contributed by atoms with Gasteiger partial charge in [-0.05, 0) is 166 Å². The van der Waals surface area contributed by atoms with E-state index in [-0.39, 0.29) is 36.7 Å². The van der Waals surface area contributed by atoms with Crippen molar-refractivity contribution in [2.24, 2.45) is 45.3 Å². The Hall–Kier alpha value is -2.12. The minimum Gasteiger partial charge on any atom is -0.457 e. The van der Waals surface area contributed by atoms with Gasteiger partial charge in [0.2, 0.25) is 0 Å². The first kappa shape index (κ1) is 46.0. The van der Waals surface area contributed by atoms with E-state index in [0.29, 0.717) is 35.5 Å². The Morgan fingerprint density at radius 2 is 0.904 bits per heavy atom. The highest BCUT2D eigenvalue weighted by Gasteiger charge is 2.47. The van der Waals surface area contributed by atoms with Gasteiger partial charge in [0.15, 0.2) is 13.2 Å². The van der Waals surface area contributed by atoms with Crippen molar-refractivity contribution >= 4 is 23.9 Å². The molecule has 52 heavy (non-hydrogen) atoms. The average Bonchev–Trinajstić information content (AvgIpc) is 3.54. The second-order valence-electron chi connectivity index (χ2n) is 20.3. The Morgan fingerprint density at radius 1 is 0.538 bits per heavy atom. The van der Waals surface area contributed by atoms with Gasteiger partial charge in [-0.2, -0.15) is 0 Å². The largest absolute Gasteiger partial charge is 0.457 e. The van der Waals surface area contributed by atoms with Crippen molar-refractivity contribution in [2.45, 2.75) is 198 Å². The van der Waals surface area contributed by atoms with Gasteiger partial charge in [-0.15, -0.1) is 0 Å². The summed E-state index contributed by atoms with van der Waals surface area (Å²) in [6, 6.07) is 0. The summed E-state index contributed by atoms with van der Waals surface area (Å²) in [7, 11) is 0. The maximum Gasteiger partial charge on any atom is 0.344 e. The molecule has 3 fully saturated rings. The monoisotopic (exact) mass is 735 g/mol. The van der Waals surface area contributed by atoms with E-state index in [9.17, 15) is 19.2 Å². The third-order valence-corrected chi connectivity index (χ3v) is 13.3. The van der Waals surface area contributed by atoms with E-state index >= 15 is 0 Å². The lowest BCUT2D eigenvalue weighted by atomic mass is 9.66. The molecule has 0 heterocycles. The van der Waals surface area contributed by atoms with Crippen LogP contribution in [0.4, 0.5) is 0 Å². The number of rotatable bonds is 12. The van der Waals surface area contributed by atoms with Gasteiger partial charge in [-0.3, -0.25) is 9.59 Å². The van der Waals surface area contributed by atoms with Crippen LogP contribution in [0.15, 0.2) is 0 Å². The van der Waals surface area contributed by atoms with E-state index in [1.54, 1.807) is 0 Å². The van der Waals surface area contributed by atoms with Crippen molar-refractivity contribution in [3.8, 4) is 0 Å². The molecule has 0 bridgehead atoms. The SMILES string of the molecule is CCC(C)(C)C(=O)OCC(=O)OC(C)(C)C1CCC(C(C)(C)C)CC1.CCC(C)(C)C(=O)OCC(=O)OC1(C2CCC(C(C)(C)C)CC2)CCCC1. The van der Waals surface area contributed by atoms with Crippen molar-refractivity contribution in [3.63, 3.8) is 0 Å². The number of carbonyl (C=O) groups excluding carboxylic acids is 4. The predicted octanol–water partition coefficient (Wildman–Crippen LogP) is 10.8. The molecule has 3 aliphatic rings.